The van der Waals surface area contributed by atoms with Gasteiger partial charge in [-0.3, -0.25) is 14.4 Å². The van der Waals surface area contributed by atoms with Crippen molar-refractivity contribution in [1.82, 2.24) is 5.32 Å². The van der Waals surface area contributed by atoms with Crippen LogP contribution in [0.1, 0.15) is 68.1 Å². The number of benzene rings is 2. The summed E-state index contributed by atoms with van der Waals surface area (Å²) in [6.07, 6.45) is -16.0. The van der Waals surface area contributed by atoms with Gasteiger partial charge < -0.3 is 21.1 Å². The number of halogens is 6. The summed E-state index contributed by atoms with van der Waals surface area (Å²) in [7, 11) is 0. The Morgan fingerprint density at radius 2 is 1.68 bits per heavy atom. The fourth-order valence-corrected chi connectivity index (χ4v) is 5.12. The maximum absolute atomic E-state index is 13.7. The van der Waals surface area contributed by atoms with Crippen LogP contribution in [0.3, 0.4) is 0 Å². The van der Waals surface area contributed by atoms with Crippen LogP contribution in [0.4, 0.5) is 32.0 Å². The van der Waals surface area contributed by atoms with Crippen molar-refractivity contribution in [1.29, 1.82) is 0 Å². The fraction of sp³-hybridized carbons (Fsp3) is 0.467. The van der Waals surface area contributed by atoms with Gasteiger partial charge in [-0.05, 0) is 51.2 Å². The molecular formula is C30H32F6N4O4. The minimum Gasteiger partial charge on any atom is -0.488 e. The molecule has 2 aromatic rings. The number of nitrogens with two attached hydrogens (primary N) is 1. The number of benzodiazepines with no additional fused rings is 1. The van der Waals surface area contributed by atoms with Crippen LogP contribution in [0.2, 0.25) is 0 Å². The van der Waals surface area contributed by atoms with Crippen molar-refractivity contribution < 1.29 is 45.5 Å². The molecule has 44 heavy (non-hydrogen) atoms. The SMILES string of the molecule is Cc1cccc(C2=N[C@H](NC(=O)[C@](CCCC(F)(F)F)(CCC(F)(F)F)CC(N)=O)C(=O)Nc3c(OC4CC4)cccc32)c1. The average Bonchev–Trinajstić information content (AvgIpc) is 3.74. The van der Waals surface area contributed by atoms with Gasteiger partial charge in [0, 0.05) is 30.4 Å². The van der Waals surface area contributed by atoms with Crippen molar-refractivity contribution in [2.24, 2.45) is 16.1 Å². The third kappa shape index (κ3) is 8.73. The summed E-state index contributed by atoms with van der Waals surface area (Å²) in [5, 5.41) is 5.02. The minimum atomic E-state index is -4.79. The first kappa shape index (κ1) is 32.8. The van der Waals surface area contributed by atoms with Crippen LogP contribution in [0.5, 0.6) is 5.75 Å². The molecule has 0 saturated heterocycles. The quantitative estimate of drug-likeness (QED) is 0.262. The summed E-state index contributed by atoms with van der Waals surface area (Å²) in [5.41, 5.74) is 5.37. The van der Waals surface area contributed by atoms with Crippen LogP contribution in [-0.2, 0) is 14.4 Å². The summed E-state index contributed by atoms with van der Waals surface area (Å²) in [6, 6.07) is 12.1. The summed E-state index contributed by atoms with van der Waals surface area (Å²) in [4.78, 5) is 43.7. The van der Waals surface area contributed by atoms with E-state index in [2.05, 4.69) is 15.6 Å². The largest absolute Gasteiger partial charge is 0.488 e. The van der Waals surface area contributed by atoms with Gasteiger partial charge in [0.2, 0.25) is 18.0 Å². The Kier molecular flexibility index (Phi) is 9.59. The molecule has 2 aromatic carbocycles. The monoisotopic (exact) mass is 626 g/mol. The summed E-state index contributed by atoms with van der Waals surface area (Å²) in [5.74, 6) is -2.94. The number of aliphatic imine (C=N–C) groups is 1. The van der Waals surface area contributed by atoms with E-state index in [1.165, 1.54) is 0 Å². The zero-order chi connectivity index (χ0) is 32.3. The second-order valence-electron chi connectivity index (χ2n) is 11.2. The molecule has 0 spiro atoms. The van der Waals surface area contributed by atoms with E-state index < -0.39 is 80.2 Å². The van der Waals surface area contributed by atoms with Gasteiger partial charge >= 0.3 is 12.4 Å². The number of anilines is 1. The molecular weight excluding hydrogens is 594 g/mol. The maximum atomic E-state index is 13.7. The number of hydrogen-bond donors (Lipinski definition) is 3. The highest BCUT2D eigenvalue weighted by molar-refractivity contribution is 6.20. The van der Waals surface area contributed by atoms with Crippen molar-refractivity contribution in [2.75, 3.05) is 5.32 Å². The van der Waals surface area contributed by atoms with Crippen LogP contribution in [0, 0.1) is 12.3 Å². The summed E-state index contributed by atoms with van der Waals surface area (Å²) >= 11 is 0. The van der Waals surface area contributed by atoms with E-state index in [0.29, 0.717) is 16.9 Å². The van der Waals surface area contributed by atoms with E-state index >= 15 is 0 Å². The molecule has 3 amide bonds. The molecule has 0 aromatic heterocycles. The molecule has 0 radical (unpaired) electrons. The highest BCUT2D eigenvalue weighted by Crippen LogP contribution is 2.41. The van der Waals surface area contributed by atoms with Crippen LogP contribution in [-0.4, -0.2) is 48.1 Å². The zero-order valence-corrected chi connectivity index (χ0v) is 23.8. The molecule has 1 aliphatic heterocycles. The van der Waals surface area contributed by atoms with Crippen molar-refractivity contribution in [2.45, 2.75) is 82.9 Å². The Morgan fingerprint density at radius 3 is 2.30 bits per heavy atom. The minimum absolute atomic E-state index is 0.0451. The number of carbonyl (C=O) groups is 3. The Hall–Kier alpha value is -4.10. The van der Waals surface area contributed by atoms with Crippen LogP contribution >= 0.6 is 0 Å². The molecule has 4 N–H and O–H groups in total. The van der Waals surface area contributed by atoms with Gasteiger partial charge in [0.15, 0.2) is 0 Å². The van der Waals surface area contributed by atoms with Crippen molar-refractivity contribution in [3.05, 3.63) is 59.2 Å². The van der Waals surface area contributed by atoms with E-state index in [1.807, 2.05) is 13.0 Å². The van der Waals surface area contributed by atoms with Crippen LogP contribution < -0.4 is 21.1 Å². The number of alkyl halides is 6. The van der Waals surface area contributed by atoms with E-state index in [-0.39, 0.29) is 17.5 Å². The molecule has 2 atom stereocenters. The summed E-state index contributed by atoms with van der Waals surface area (Å²) < 4.78 is 84.8. The van der Waals surface area contributed by atoms with Crippen molar-refractivity contribution in [3.63, 3.8) is 0 Å². The molecule has 2 aliphatic rings. The number of amides is 3. The van der Waals surface area contributed by atoms with Gasteiger partial charge in [-0.2, -0.15) is 26.3 Å². The van der Waals surface area contributed by atoms with Gasteiger partial charge in [0.25, 0.3) is 5.91 Å². The van der Waals surface area contributed by atoms with Crippen LogP contribution in [0.15, 0.2) is 47.5 Å². The number of primary amides is 1. The Morgan fingerprint density at radius 1 is 1.00 bits per heavy atom. The first-order chi connectivity index (χ1) is 20.6. The third-order valence-electron chi connectivity index (χ3n) is 7.41. The molecule has 1 aliphatic carbocycles. The first-order valence-electron chi connectivity index (χ1n) is 14.0. The zero-order valence-electron chi connectivity index (χ0n) is 23.8. The number of para-hydroxylation sites is 1. The Bertz CT molecular complexity index is 1440. The van der Waals surface area contributed by atoms with E-state index in [0.717, 1.165) is 18.4 Å². The number of hydrogen-bond acceptors (Lipinski definition) is 5. The normalized spacial score (nSPS) is 18.3. The van der Waals surface area contributed by atoms with E-state index in [4.69, 9.17) is 10.5 Å². The molecule has 0 unspecified atom stereocenters. The lowest BCUT2D eigenvalue weighted by Gasteiger charge is -2.33. The predicted molar refractivity (Wildman–Crippen MR) is 149 cm³/mol. The number of carbonyl (C=O) groups excluding carboxylic acids is 3. The first-order valence-corrected chi connectivity index (χ1v) is 14.0. The fourth-order valence-electron chi connectivity index (χ4n) is 5.12. The van der Waals surface area contributed by atoms with E-state index in [9.17, 15) is 40.7 Å². The second-order valence-corrected chi connectivity index (χ2v) is 11.2. The van der Waals surface area contributed by atoms with Crippen molar-refractivity contribution in [3.8, 4) is 5.75 Å². The van der Waals surface area contributed by atoms with Gasteiger partial charge in [0.1, 0.15) is 5.75 Å². The average molecular weight is 627 g/mol. The third-order valence-corrected chi connectivity index (χ3v) is 7.41. The topological polar surface area (TPSA) is 123 Å². The molecule has 0 bridgehead atoms. The number of nitrogens with one attached hydrogen (secondary N) is 2. The number of fused-ring (bicyclic) bond motifs is 1. The van der Waals surface area contributed by atoms with Gasteiger partial charge in [0.05, 0.1) is 22.9 Å². The van der Waals surface area contributed by atoms with Crippen molar-refractivity contribution >= 4 is 29.1 Å². The van der Waals surface area contributed by atoms with Gasteiger partial charge in [-0.25, -0.2) is 4.99 Å². The highest BCUT2D eigenvalue weighted by atomic mass is 19.4. The van der Waals surface area contributed by atoms with Crippen LogP contribution in [0.25, 0.3) is 0 Å². The summed E-state index contributed by atoms with van der Waals surface area (Å²) in [6.45, 7) is 1.83. The lowest BCUT2D eigenvalue weighted by Crippen LogP contribution is -2.51. The van der Waals surface area contributed by atoms with E-state index in [1.54, 1.807) is 36.4 Å². The number of ether oxygens (including phenoxy) is 1. The molecule has 8 nitrogen and oxygen atoms in total. The predicted octanol–water partition coefficient (Wildman–Crippen LogP) is 5.70. The lowest BCUT2D eigenvalue weighted by atomic mass is 9.74. The molecule has 1 fully saturated rings. The maximum Gasteiger partial charge on any atom is 0.389 e. The number of rotatable bonds is 12. The molecule has 4 rings (SSSR count). The second kappa shape index (κ2) is 12.9. The number of nitrogens with zero attached hydrogens (tertiary/aromatic N) is 1. The molecule has 1 saturated carbocycles. The van der Waals surface area contributed by atoms with Gasteiger partial charge in [-0.1, -0.05) is 35.9 Å². The number of aryl methyl sites for hydroxylation is 1. The Labute approximate surface area is 249 Å². The lowest BCUT2D eigenvalue weighted by molar-refractivity contribution is -0.154. The Balaban J connectivity index is 1.74. The molecule has 14 heteroatoms. The molecule has 1 heterocycles. The standard InChI is InChI=1S/C30H32F6N4O4/c1-17-5-2-6-18(15-17)23-20-7-3-8-21(44-19-9-10-19)24(20)39-26(42)25(38-23)40-27(43)28(16-22(37)41,13-14-30(34,35)36)11-4-12-29(31,32)33/h2-3,5-8,15,19,25H,4,9-14,16H2,1H3,(H2,37,41)(H,39,42)(H,40,43)/t25-,28-/m1/s1. The smallest absolute Gasteiger partial charge is 0.389 e. The van der Waals surface area contributed by atoms with Gasteiger partial charge in [-0.15, -0.1) is 0 Å². The highest BCUT2D eigenvalue weighted by Gasteiger charge is 2.45. The molecule has 238 valence electrons.